The van der Waals surface area contributed by atoms with Gasteiger partial charge in [-0.25, -0.2) is 4.79 Å². The highest BCUT2D eigenvalue weighted by atomic mass is 35.5. The van der Waals surface area contributed by atoms with E-state index in [0.717, 1.165) is 21.8 Å². The van der Waals surface area contributed by atoms with E-state index in [2.05, 4.69) is 34.9 Å². The van der Waals surface area contributed by atoms with E-state index in [-0.39, 0.29) is 6.03 Å². The summed E-state index contributed by atoms with van der Waals surface area (Å²) in [6, 6.07) is 18.1. The van der Waals surface area contributed by atoms with Crippen molar-refractivity contribution in [1.82, 2.24) is 5.32 Å². The van der Waals surface area contributed by atoms with Crippen LogP contribution < -0.4 is 10.6 Å². The van der Waals surface area contributed by atoms with Crippen LogP contribution in [0.3, 0.4) is 0 Å². The number of anilines is 1. The number of fused-ring (bicyclic) bond motifs is 2. The molecule has 3 aromatic carbocycles. The molecule has 0 aliphatic carbocycles. The first-order valence-corrected chi connectivity index (χ1v) is 7.34. The molecule has 0 saturated heterocycles. The van der Waals surface area contributed by atoms with Crippen molar-refractivity contribution in [3.63, 3.8) is 0 Å². The van der Waals surface area contributed by atoms with Gasteiger partial charge in [0.15, 0.2) is 0 Å². The molecule has 0 saturated carbocycles. The summed E-state index contributed by atoms with van der Waals surface area (Å²) in [5, 5.41) is 10.0. The van der Waals surface area contributed by atoms with Crippen LogP contribution in [0.5, 0.6) is 0 Å². The topological polar surface area (TPSA) is 41.1 Å². The maximum absolute atomic E-state index is 11.8. The van der Waals surface area contributed by atoms with E-state index in [0.29, 0.717) is 12.4 Å². The van der Waals surface area contributed by atoms with Crippen molar-refractivity contribution in [3.05, 3.63) is 54.6 Å². The van der Waals surface area contributed by atoms with Crippen molar-refractivity contribution in [1.29, 1.82) is 0 Å². The lowest BCUT2D eigenvalue weighted by atomic mass is 10.0. The van der Waals surface area contributed by atoms with E-state index >= 15 is 0 Å². The molecule has 0 heterocycles. The van der Waals surface area contributed by atoms with E-state index < -0.39 is 0 Å². The smallest absolute Gasteiger partial charge is 0.319 e. The third-order valence-electron chi connectivity index (χ3n) is 3.37. The number of halogens is 1. The fourth-order valence-corrected chi connectivity index (χ4v) is 2.50. The Morgan fingerprint density at radius 2 is 1.67 bits per heavy atom. The van der Waals surface area contributed by atoms with Gasteiger partial charge in [-0.05, 0) is 34.4 Å². The van der Waals surface area contributed by atoms with Crippen molar-refractivity contribution in [2.24, 2.45) is 0 Å². The molecule has 106 valence electrons. The molecule has 0 radical (unpaired) electrons. The van der Waals surface area contributed by atoms with Gasteiger partial charge in [0.2, 0.25) is 0 Å². The van der Waals surface area contributed by atoms with Crippen LogP contribution in [0.2, 0.25) is 0 Å². The fourth-order valence-electron chi connectivity index (χ4n) is 2.40. The third-order valence-corrected chi connectivity index (χ3v) is 3.56. The monoisotopic (exact) mass is 298 g/mol. The van der Waals surface area contributed by atoms with Gasteiger partial charge >= 0.3 is 6.03 Å². The molecular weight excluding hydrogens is 284 g/mol. The summed E-state index contributed by atoms with van der Waals surface area (Å²) in [6.07, 6.45) is 0. The molecule has 2 amide bonds. The molecular formula is C17H15ClN2O. The number of hydrogen-bond acceptors (Lipinski definition) is 1. The van der Waals surface area contributed by atoms with Crippen LogP contribution in [0.1, 0.15) is 0 Å². The second-order valence-corrected chi connectivity index (χ2v) is 5.17. The molecule has 0 unspecified atom stereocenters. The normalized spacial score (nSPS) is 10.7. The van der Waals surface area contributed by atoms with Gasteiger partial charge < -0.3 is 10.6 Å². The third kappa shape index (κ3) is 2.93. The summed E-state index contributed by atoms with van der Waals surface area (Å²) in [6.45, 7) is 0.446. The van der Waals surface area contributed by atoms with Crippen LogP contribution in [0, 0.1) is 0 Å². The van der Waals surface area contributed by atoms with Crippen molar-refractivity contribution in [3.8, 4) is 0 Å². The van der Waals surface area contributed by atoms with Gasteiger partial charge in [0.05, 0.1) is 5.69 Å². The van der Waals surface area contributed by atoms with Crippen molar-refractivity contribution in [2.45, 2.75) is 0 Å². The van der Waals surface area contributed by atoms with Crippen LogP contribution in [-0.4, -0.2) is 18.5 Å². The zero-order valence-electron chi connectivity index (χ0n) is 11.4. The molecule has 0 fully saturated rings. The maximum atomic E-state index is 11.8. The fraction of sp³-hybridized carbons (Fsp3) is 0.118. The Morgan fingerprint density at radius 3 is 2.43 bits per heavy atom. The standard InChI is InChI=1S/C17H15ClN2O/c18-8-9-19-17(21)20-16-7-3-6-14-10-12-4-1-2-5-13(12)11-15(14)16/h1-7,10-11H,8-9H2,(H2,19,20,21). The summed E-state index contributed by atoms with van der Waals surface area (Å²) < 4.78 is 0. The highest BCUT2D eigenvalue weighted by Gasteiger charge is 2.06. The Morgan fingerprint density at radius 1 is 0.952 bits per heavy atom. The quantitative estimate of drug-likeness (QED) is 0.547. The second kappa shape index (κ2) is 6.02. The number of amides is 2. The zero-order chi connectivity index (χ0) is 14.7. The average Bonchev–Trinajstić information content (AvgIpc) is 2.51. The zero-order valence-corrected chi connectivity index (χ0v) is 12.2. The lowest BCUT2D eigenvalue weighted by molar-refractivity contribution is 0.252. The number of urea groups is 1. The minimum Gasteiger partial charge on any atom is -0.337 e. The van der Waals surface area contributed by atoms with Crippen LogP contribution >= 0.6 is 11.6 Å². The summed E-state index contributed by atoms with van der Waals surface area (Å²) in [7, 11) is 0. The number of carbonyl (C=O) groups is 1. The Kier molecular flexibility index (Phi) is 3.93. The van der Waals surface area contributed by atoms with Gasteiger partial charge in [0.25, 0.3) is 0 Å². The van der Waals surface area contributed by atoms with Crippen LogP contribution in [-0.2, 0) is 0 Å². The summed E-state index contributed by atoms with van der Waals surface area (Å²) >= 11 is 5.57. The molecule has 0 bridgehead atoms. The molecule has 21 heavy (non-hydrogen) atoms. The number of nitrogens with one attached hydrogen (secondary N) is 2. The Balaban J connectivity index is 2.02. The molecule has 2 N–H and O–H groups in total. The van der Waals surface area contributed by atoms with E-state index in [4.69, 9.17) is 11.6 Å². The number of rotatable bonds is 3. The molecule has 4 heteroatoms. The molecule has 0 aliphatic rings. The molecule has 0 spiro atoms. The predicted octanol–water partition coefficient (Wildman–Crippen LogP) is 4.35. The van der Waals surface area contributed by atoms with Gasteiger partial charge in [0.1, 0.15) is 0 Å². The number of benzene rings is 3. The SMILES string of the molecule is O=C(NCCCl)Nc1cccc2cc3ccccc3cc12. The van der Waals surface area contributed by atoms with Gasteiger partial charge in [0, 0.05) is 17.8 Å². The highest BCUT2D eigenvalue weighted by Crippen LogP contribution is 2.28. The van der Waals surface area contributed by atoms with E-state index in [1.807, 2.05) is 30.3 Å². The molecule has 3 nitrogen and oxygen atoms in total. The van der Waals surface area contributed by atoms with Gasteiger partial charge in [-0.3, -0.25) is 0 Å². The van der Waals surface area contributed by atoms with Gasteiger partial charge in [-0.15, -0.1) is 11.6 Å². The van der Waals surface area contributed by atoms with Crippen LogP contribution in [0.15, 0.2) is 54.6 Å². The minimum atomic E-state index is -0.240. The van der Waals surface area contributed by atoms with Crippen molar-refractivity contribution < 1.29 is 4.79 Å². The van der Waals surface area contributed by atoms with E-state index in [1.165, 1.54) is 5.39 Å². The lowest BCUT2D eigenvalue weighted by Crippen LogP contribution is -2.30. The van der Waals surface area contributed by atoms with Crippen molar-refractivity contribution >= 4 is 44.9 Å². The Labute approximate surface area is 127 Å². The maximum Gasteiger partial charge on any atom is 0.319 e. The number of carbonyl (C=O) groups excluding carboxylic acids is 1. The molecule has 3 aromatic rings. The molecule has 3 rings (SSSR count). The Bertz CT molecular complexity index is 801. The van der Waals surface area contributed by atoms with E-state index in [1.54, 1.807) is 0 Å². The average molecular weight is 299 g/mol. The number of alkyl halides is 1. The first kappa shape index (κ1) is 13.7. The second-order valence-electron chi connectivity index (χ2n) is 4.80. The van der Waals surface area contributed by atoms with Crippen LogP contribution in [0.25, 0.3) is 21.5 Å². The van der Waals surface area contributed by atoms with Gasteiger partial charge in [-0.1, -0.05) is 36.4 Å². The first-order chi connectivity index (χ1) is 10.3. The lowest BCUT2D eigenvalue weighted by Gasteiger charge is -2.10. The Hall–Kier alpha value is -2.26. The van der Waals surface area contributed by atoms with Gasteiger partial charge in [-0.2, -0.15) is 0 Å². The summed E-state index contributed by atoms with van der Waals surface area (Å²) in [5.74, 6) is 0.396. The largest absolute Gasteiger partial charge is 0.337 e. The molecule has 0 atom stereocenters. The minimum absolute atomic E-state index is 0.240. The number of hydrogen-bond donors (Lipinski definition) is 2. The van der Waals surface area contributed by atoms with E-state index in [9.17, 15) is 4.79 Å². The predicted molar refractivity (Wildman–Crippen MR) is 89.2 cm³/mol. The van der Waals surface area contributed by atoms with Crippen LogP contribution in [0.4, 0.5) is 10.5 Å². The molecule has 0 aromatic heterocycles. The van der Waals surface area contributed by atoms with Crippen molar-refractivity contribution in [2.75, 3.05) is 17.7 Å². The highest BCUT2D eigenvalue weighted by molar-refractivity contribution is 6.18. The molecule has 0 aliphatic heterocycles. The summed E-state index contributed by atoms with van der Waals surface area (Å²) in [5.41, 5.74) is 0.797. The first-order valence-electron chi connectivity index (χ1n) is 6.80. The summed E-state index contributed by atoms with van der Waals surface area (Å²) in [4.78, 5) is 11.8.